The maximum absolute atomic E-state index is 12.2. The van der Waals surface area contributed by atoms with E-state index < -0.39 is 10.0 Å². The fraction of sp³-hybridized carbons (Fsp3) is 0.562. The molecule has 1 aliphatic rings. The van der Waals surface area contributed by atoms with E-state index in [-0.39, 0.29) is 10.8 Å². The maximum Gasteiger partial charge on any atom is 0.238 e. The van der Waals surface area contributed by atoms with Gasteiger partial charge in [-0.05, 0) is 38.1 Å². The van der Waals surface area contributed by atoms with E-state index >= 15 is 0 Å². The summed E-state index contributed by atoms with van der Waals surface area (Å²) in [5, 5.41) is 7.84. The number of sulfonamides is 1. The Balaban J connectivity index is 1.94. The molecule has 1 aliphatic carbocycles. The summed E-state index contributed by atoms with van der Waals surface area (Å²) in [5.41, 5.74) is 0.441. The first-order valence-electron chi connectivity index (χ1n) is 7.99. The fourth-order valence-electron chi connectivity index (χ4n) is 3.01. The molecule has 3 N–H and O–H groups in total. The van der Waals surface area contributed by atoms with E-state index in [0.29, 0.717) is 18.3 Å². The number of anilines is 1. The summed E-state index contributed by atoms with van der Waals surface area (Å²) in [4.78, 5) is 14.3. The van der Waals surface area contributed by atoms with E-state index in [1.807, 2.05) is 7.05 Å². The van der Waals surface area contributed by atoms with Gasteiger partial charge in [0.25, 0.3) is 0 Å². The van der Waals surface area contributed by atoms with Crippen LogP contribution in [0.2, 0.25) is 0 Å². The van der Waals surface area contributed by atoms with Crippen molar-refractivity contribution in [3.63, 3.8) is 0 Å². The molecule has 0 unspecified atom stereocenters. The average molecular weight is 339 g/mol. The second kappa shape index (κ2) is 7.90. The summed E-state index contributed by atoms with van der Waals surface area (Å²) in [7, 11) is -1.80. The lowest BCUT2D eigenvalue weighted by Gasteiger charge is -2.26. The number of hydrogen-bond donors (Lipinski definition) is 2. The van der Waals surface area contributed by atoms with Crippen molar-refractivity contribution in [3.8, 4) is 0 Å². The van der Waals surface area contributed by atoms with Crippen molar-refractivity contribution in [2.24, 2.45) is 5.14 Å². The van der Waals surface area contributed by atoms with Crippen LogP contribution in [0.4, 0.5) is 5.69 Å². The van der Waals surface area contributed by atoms with Crippen molar-refractivity contribution in [3.05, 3.63) is 24.3 Å². The molecule has 1 aromatic carbocycles. The van der Waals surface area contributed by atoms with Crippen LogP contribution in [0.1, 0.15) is 38.5 Å². The summed E-state index contributed by atoms with van der Waals surface area (Å²) in [5.74, 6) is -0.150. The van der Waals surface area contributed by atoms with Crippen LogP contribution in [0.3, 0.4) is 0 Å². The minimum Gasteiger partial charge on any atom is -0.325 e. The lowest BCUT2D eigenvalue weighted by molar-refractivity contribution is -0.117. The predicted octanol–water partition coefficient (Wildman–Crippen LogP) is 1.93. The Morgan fingerprint density at radius 2 is 1.91 bits per heavy atom. The normalized spacial score (nSPS) is 17.0. The monoisotopic (exact) mass is 339 g/mol. The second-order valence-corrected chi connectivity index (χ2v) is 7.74. The molecule has 0 atom stereocenters. The molecule has 0 saturated heterocycles. The number of benzene rings is 1. The highest BCUT2D eigenvalue weighted by Crippen LogP contribution is 2.21. The molecule has 2 rings (SSSR count). The van der Waals surface area contributed by atoms with Gasteiger partial charge in [0.05, 0.1) is 11.4 Å². The Kier molecular flexibility index (Phi) is 6.15. The van der Waals surface area contributed by atoms with E-state index in [2.05, 4.69) is 10.2 Å². The van der Waals surface area contributed by atoms with Gasteiger partial charge in [-0.3, -0.25) is 9.69 Å². The number of hydrogen-bond acceptors (Lipinski definition) is 4. The third-order valence-electron chi connectivity index (χ3n) is 4.29. The van der Waals surface area contributed by atoms with Crippen LogP contribution in [0.5, 0.6) is 0 Å². The van der Waals surface area contributed by atoms with Crippen LogP contribution >= 0.6 is 0 Å². The number of carbonyl (C=O) groups excluding carboxylic acids is 1. The number of amides is 1. The molecule has 0 aromatic heterocycles. The van der Waals surface area contributed by atoms with Crippen LogP contribution in [-0.4, -0.2) is 38.9 Å². The first-order valence-corrected chi connectivity index (χ1v) is 9.54. The van der Waals surface area contributed by atoms with E-state index in [0.717, 1.165) is 12.8 Å². The predicted molar refractivity (Wildman–Crippen MR) is 90.6 cm³/mol. The van der Waals surface area contributed by atoms with E-state index in [4.69, 9.17) is 5.14 Å². The number of rotatable bonds is 5. The molecule has 0 heterocycles. The van der Waals surface area contributed by atoms with Gasteiger partial charge in [0, 0.05) is 11.7 Å². The third-order valence-corrected chi connectivity index (χ3v) is 5.20. The van der Waals surface area contributed by atoms with E-state index in [1.54, 1.807) is 12.1 Å². The molecule has 23 heavy (non-hydrogen) atoms. The highest BCUT2D eigenvalue weighted by atomic mass is 32.2. The molecule has 128 valence electrons. The number of nitrogens with zero attached hydrogens (tertiary/aromatic N) is 1. The van der Waals surface area contributed by atoms with Gasteiger partial charge >= 0.3 is 0 Å². The summed E-state index contributed by atoms with van der Waals surface area (Å²) >= 11 is 0. The van der Waals surface area contributed by atoms with Gasteiger partial charge in [-0.1, -0.05) is 31.7 Å². The summed E-state index contributed by atoms with van der Waals surface area (Å²) in [6.07, 6.45) is 7.24. The topological polar surface area (TPSA) is 92.5 Å². The average Bonchev–Trinajstić information content (AvgIpc) is 2.75. The Hall–Kier alpha value is -1.44. The highest BCUT2D eigenvalue weighted by Gasteiger charge is 2.19. The summed E-state index contributed by atoms with van der Waals surface area (Å²) in [6, 6.07) is 6.43. The molecule has 0 aliphatic heterocycles. The Morgan fingerprint density at radius 1 is 1.26 bits per heavy atom. The molecule has 0 radical (unpaired) electrons. The van der Waals surface area contributed by atoms with Crippen molar-refractivity contribution in [1.82, 2.24) is 4.90 Å². The Labute approximate surface area is 138 Å². The Bertz CT molecular complexity index is 638. The quantitative estimate of drug-likeness (QED) is 0.802. The third kappa shape index (κ3) is 5.60. The number of nitrogens with two attached hydrogens (primary N) is 1. The lowest BCUT2D eigenvalue weighted by Crippen LogP contribution is -2.37. The van der Waals surface area contributed by atoms with Crippen LogP contribution < -0.4 is 10.5 Å². The number of primary sulfonamides is 1. The number of carbonyl (C=O) groups is 1. The second-order valence-electron chi connectivity index (χ2n) is 6.18. The molecule has 0 spiro atoms. The minimum atomic E-state index is -3.77. The maximum atomic E-state index is 12.2. The van der Waals surface area contributed by atoms with E-state index in [1.165, 1.54) is 37.8 Å². The van der Waals surface area contributed by atoms with Crippen molar-refractivity contribution < 1.29 is 13.2 Å². The van der Waals surface area contributed by atoms with Gasteiger partial charge < -0.3 is 5.32 Å². The van der Waals surface area contributed by atoms with Crippen LogP contribution in [0.15, 0.2) is 29.2 Å². The summed E-state index contributed by atoms with van der Waals surface area (Å²) in [6.45, 7) is 0.296. The largest absolute Gasteiger partial charge is 0.325 e. The number of likely N-dealkylation sites (N-methyl/N-ethyl adjacent to an activating group) is 1. The van der Waals surface area contributed by atoms with Gasteiger partial charge in [0.1, 0.15) is 0 Å². The van der Waals surface area contributed by atoms with Gasteiger partial charge in [0.15, 0.2) is 0 Å². The first-order chi connectivity index (χ1) is 10.9. The summed E-state index contributed by atoms with van der Waals surface area (Å²) < 4.78 is 22.7. The molecular formula is C16H25N3O3S. The van der Waals surface area contributed by atoms with Crippen molar-refractivity contribution in [2.75, 3.05) is 18.9 Å². The highest BCUT2D eigenvalue weighted by molar-refractivity contribution is 7.89. The molecular weight excluding hydrogens is 314 g/mol. The molecule has 7 heteroatoms. The molecule has 6 nitrogen and oxygen atoms in total. The smallest absolute Gasteiger partial charge is 0.238 e. The zero-order valence-corrected chi connectivity index (χ0v) is 14.3. The molecule has 1 saturated carbocycles. The van der Waals surface area contributed by atoms with Crippen molar-refractivity contribution in [2.45, 2.75) is 49.5 Å². The molecule has 0 bridgehead atoms. The van der Waals surface area contributed by atoms with Gasteiger partial charge in [-0.25, -0.2) is 13.6 Å². The van der Waals surface area contributed by atoms with E-state index in [9.17, 15) is 13.2 Å². The Morgan fingerprint density at radius 3 is 2.52 bits per heavy atom. The lowest BCUT2D eigenvalue weighted by atomic mass is 10.1. The SMILES string of the molecule is CN(CC(=O)Nc1cccc(S(N)(=O)=O)c1)C1CCCCCC1. The standard InChI is InChI=1S/C16H25N3O3S/c1-19(14-8-4-2-3-5-9-14)12-16(20)18-13-7-6-10-15(11-13)23(17,21)22/h6-7,10-11,14H,2-5,8-9,12H2,1H3,(H,18,20)(H2,17,21,22). The van der Waals surface area contributed by atoms with Gasteiger partial charge in [-0.2, -0.15) is 0 Å². The van der Waals surface area contributed by atoms with Gasteiger partial charge in [-0.15, -0.1) is 0 Å². The van der Waals surface area contributed by atoms with Gasteiger partial charge in [0.2, 0.25) is 15.9 Å². The fourth-order valence-corrected chi connectivity index (χ4v) is 3.57. The molecule has 1 aromatic rings. The zero-order valence-electron chi connectivity index (χ0n) is 13.5. The zero-order chi connectivity index (χ0) is 16.9. The number of nitrogens with one attached hydrogen (secondary N) is 1. The van der Waals surface area contributed by atoms with Crippen molar-refractivity contribution >= 4 is 21.6 Å². The van der Waals surface area contributed by atoms with Crippen LogP contribution in [0, 0.1) is 0 Å². The van der Waals surface area contributed by atoms with Crippen LogP contribution in [-0.2, 0) is 14.8 Å². The first kappa shape index (κ1) is 17.9. The molecule has 1 fully saturated rings. The minimum absolute atomic E-state index is 0.00702. The van der Waals surface area contributed by atoms with Crippen LogP contribution in [0.25, 0.3) is 0 Å². The van der Waals surface area contributed by atoms with Crippen molar-refractivity contribution in [1.29, 1.82) is 0 Å². The molecule has 1 amide bonds.